The van der Waals surface area contributed by atoms with E-state index in [4.69, 9.17) is 0 Å². The molecule has 12 heteroatoms. The average molecular weight is 649 g/mol. The molecule has 0 aromatic heterocycles. The Kier molecular flexibility index (Phi) is 9.07. The van der Waals surface area contributed by atoms with Gasteiger partial charge in [-0.3, -0.25) is 0 Å². The largest absolute Gasteiger partial charge is 0.507 e. The standard InChI is InChI=1S/C34H28F8N2O2/c1-33(2,3)17-11-7-9-15(31(17)45)13-43-29-25(39)21(35)19(22(36)26(29)40)20-23(37)27(41)30(28(42)24(20)38)44-14-16-10-8-12-18(32(16)46)34(4,5)6/h7-14,45-46H,1-6H3. The summed E-state index contributed by atoms with van der Waals surface area (Å²) in [7, 11) is 0. The van der Waals surface area contributed by atoms with Crippen LogP contribution in [0.5, 0.6) is 11.5 Å². The summed E-state index contributed by atoms with van der Waals surface area (Å²) in [5.41, 5.74) is -7.72. The van der Waals surface area contributed by atoms with Crippen molar-refractivity contribution >= 4 is 23.8 Å². The lowest BCUT2D eigenvalue weighted by Crippen LogP contribution is -2.11. The molecule has 0 aliphatic heterocycles. The predicted octanol–water partition coefficient (Wildman–Crippen LogP) is 9.97. The second kappa shape index (κ2) is 12.2. The van der Waals surface area contributed by atoms with Crippen molar-refractivity contribution in [3.63, 3.8) is 0 Å². The summed E-state index contributed by atoms with van der Waals surface area (Å²) in [6.45, 7) is 10.6. The second-order valence-corrected chi connectivity index (χ2v) is 12.5. The number of halogens is 8. The minimum atomic E-state index is -2.39. The molecular formula is C34H28F8N2O2. The maximum absolute atomic E-state index is 15.1. The lowest BCUT2D eigenvalue weighted by molar-refractivity contribution is 0.444. The predicted molar refractivity (Wildman–Crippen MR) is 160 cm³/mol. The summed E-state index contributed by atoms with van der Waals surface area (Å²) in [4.78, 5) is 6.80. The van der Waals surface area contributed by atoms with Crippen LogP contribution in [0.25, 0.3) is 11.1 Å². The van der Waals surface area contributed by atoms with Crippen LogP contribution in [0.15, 0.2) is 46.4 Å². The zero-order valence-electron chi connectivity index (χ0n) is 25.4. The van der Waals surface area contributed by atoms with Gasteiger partial charge in [-0.25, -0.2) is 45.1 Å². The Balaban J connectivity index is 1.83. The number of phenols is 2. The van der Waals surface area contributed by atoms with E-state index in [1.165, 1.54) is 24.3 Å². The minimum Gasteiger partial charge on any atom is -0.507 e. The van der Waals surface area contributed by atoms with Gasteiger partial charge in [0.15, 0.2) is 46.5 Å². The van der Waals surface area contributed by atoms with Crippen LogP contribution in [0.3, 0.4) is 0 Å². The number of aliphatic imine (C=N–C) groups is 2. The smallest absolute Gasteiger partial charge is 0.188 e. The van der Waals surface area contributed by atoms with E-state index in [9.17, 15) is 10.2 Å². The van der Waals surface area contributed by atoms with Gasteiger partial charge in [0.05, 0.1) is 11.1 Å². The molecule has 0 aliphatic carbocycles. The van der Waals surface area contributed by atoms with Gasteiger partial charge in [-0.15, -0.1) is 0 Å². The first-order valence-electron chi connectivity index (χ1n) is 13.7. The van der Waals surface area contributed by atoms with Crippen molar-refractivity contribution in [1.82, 2.24) is 0 Å². The fourth-order valence-electron chi connectivity index (χ4n) is 4.72. The first-order chi connectivity index (χ1) is 21.3. The number of hydrogen-bond acceptors (Lipinski definition) is 4. The number of aromatic hydroxyl groups is 2. The fraction of sp³-hybridized carbons (Fsp3) is 0.235. The minimum absolute atomic E-state index is 0.0769. The van der Waals surface area contributed by atoms with Gasteiger partial charge < -0.3 is 10.2 Å². The molecule has 4 nitrogen and oxygen atoms in total. The molecule has 0 radical (unpaired) electrons. The number of nitrogens with zero attached hydrogens (tertiary/aromatic N) is 2. The van der Waals surface area contributed by atoms with Crippen LogP contribution in [0.1, 0.15) is 63.8 Å². The third-order valence-electron chi connectivity index (χ3n) is 7.15. The Morgan fingerprint density at radius 1 is 0.478 bits per heavy atom. The summed E-state index contributed by atoms with van der Waals surface area (Å²) in [6, 6.07) is 8.74. The Morgan fingerprint density at radius 2 is 0.761 bits per heavy atom. The first kappa shape index (κ1) is 34.1. The molecule has 0 aliphatic rings. The molecule has 0 saturated carbocycles. The van der Waals surface area contributed by atoms with E-state index in [0.717, 1.165) is 0 Å². The van der Waals surface area contributed by atoms with Crippen LogP contribution in [-0.4, -0.2) is 22.6 Å². The molecule has 0 heterocycles. The highest BCUT2D eigenvalue weighted by Gasteiger charge is 2.34. The summed E-state index contributed by atoms with van der Waals surface area (Å²) in [6.07, 6.45) is 1.43. The van der Waals surface area contributed by atoms with E-state index >= 15 is 35.1 Å². The molecule has 242 valence electrons. The molecule has 46 heavy (non-hydrogen) atoms. The normalized spacial score (nSPS) is 12.6. The summed E-state index contributed by atoms with van der Waals surface area (Å²) >= 11 is 0. The van der Waals surface area contributed by atoms with Crippen molar-refractivity contribution in [1.29, 1.82) is 0 Å². The topological polar surface area (TPSA) is 65.2 Å². The highest BCUT2D eigenvalue weighted by molar-refractivity contribution is 5.87. The van der Waals surface area contributed by atoms with E-state index in [1.807, 2.05) is 0 Å². The zero-order valence-corrected chi connectivity index (χ0v) is 25.4. The van der Waals surface area contributed by atoms with E-state index in [2.05, 4.69) is 9.98 Å². The van der Waals surface area contributed by atoms with Gasteiger partial charge in [0.1, 0.15) is 22.9 Å². The van der Waals surface area contributed by atoms with Crippen LogP contribution < -0.4 is 0 Å². The lowest BCUT2D eigenvalue weighted by Gasteiger charge is -2.21. The highest BCUT2D eigenvalue weighted by atomic mass is 19.2. The molecular weight excluding hydrogens is 620 g/mol. The molecule has 0 amide bonds. The third kappa shape index (κ3) is 6.08. The van der Waals surface area contributed by atoms with Gasteiger partial charge in [0, 0.05) is 23.6 Å². The fourth-order valence-corrected chi connectivity index (χ4v) is 4.72. The summed E-state index contributed by atoms with van der Waals surface area (Å²) < 4.78 is 121. The molecule has 0 fully saturated rings. The van der Waals surface area contributed by atoms with Crippen molar-refractivity contribution in [2.75, 3.05) is 0 Å². The lowest BCUT2D eigenvalue weighted by atomic mass is 9.85. The van der Waals surface area contributed by atoms with Gasteiger partial charge in [0.2, 0.25) is 0 Å². The van der Waals surface area contributed by atoms with Crippen LogP contribution in [-0.2, 0) is 10.8 Å². The molecule has 0 spiro atoms. The quantitative estimate of drug-likeness (QED) is 0.129. The van der Waals surface area contributed by atoms with Crippen molar-refractivity contribution in [2.45, 2.75) is 52.4 Å². The van der Waals surface area contributed by atoms with Crippen LogP contribution in [0, 0.1) is 46.5 Å². The van der Waals surface area contributed by atoms with Gasteiger partial charge in [0.25, 0.3) is 0 Å². The highest BCUT2D eigenvalue weighted by Crippen LogP contribution is 2.42. The maximum Gasteiger partial charge on any atom is 0.188 e. The Morgan fingerprint density at radius 3 is 1.02 bits per heavy atom. The van der Waals surface area contributed by atoms with Crippen LogP contribution in [0.2, 0.25) is 0 Å². The molecule has 0 saturated heterocycles. The second-order valence-electron chi connectivity index (χ2n) is 12.5. The SMILES string of the molecule is CC(C)(C)c1cccc(C=Nc2c(F)c(F)c(-c3c(F)c(F)c(N=Cc4cccc(C(C)(C)C)c4O)c(F)c3F)c(F)c2F)c1O. The van der Waals surface area contributed by atoms with E-state index < -0.39 is 79.9 Å². The Labute approximate surface area is 259 Å². The van der Waals surface area contributed by atoms with Crippen molar-refractivity contribution in [3.05, 3.63) is 105 Å². The molecule has 0 unspecified atom stereocenters. The molecule has 4 aromatic rings. The molecule has 0 bridgehead atoms. The van der Waals surface area contributed by atoms with Crippen molar-refractivity contribution in [2.24, 2.45) is 9.98 Å². The molecule has 4 rings (SSSR count). The van der Waals surface area contributed by atoms with Gasteiger partial charge in [-0.1, -0.05) is 65.8 Å². The summed E-state index contributed by atoms with van der Waals surface area (Å²) in [5, 5.41) is 21.1. The average Bonchev–Trinajstić information content (AvgIpc) is 2.97. The van der Waals surface area contributed by atoms with Crippen molar-refractivity contribution < 1.29 is 45.3 Å². The number of para-hydroxylation sites is 2. The van der Waals surface area contributed by atoms with Crippen LogP contribution >= 0.6 is 0 Å². The van der Waals surface area contributed by atoms with Crippen LogP contribution in [0.4, 0.5) is 46.5 Å². The molecule has 0 atom stereocenters. The maximum atomic E-state index is 15.1. The van der Waals surface area contributed by atoms with Gasteiger partial charge in [-0.05, 0) is 34.1 Å². The monoisotopic (exact) mass is 648 g/mol. The molecule has 2 N–H and O–H groups in total. The van der Waals surface area contributed by atoms with E-state index in [-0.39, 0.29) is 22.6 Å². The van der Waals surface area contributed by atoms with Crippen molar-refractivity contribution in [3.8, 4) is 22.6 Å². The van der Waals surface area contributed by atoms with Gasteiger partial charge >= 0.3 is 0 Å². The zero-order chi connectivity index (χ0) is 34.5. The third-order valence-corrected chi connectivity index (χ3v) is 7.15. The van der Waals surface area contributed by atoms with E-state index in [0.29, 0.717) is 23.6 Å². The Bertz CT molecular complexity index is 1730. The van der Waals surface area contributed by atoms with E-state index in [1.54, 1.807) is 53.7 Å². The number of rotatable bonds is 5. The number of benzene rings is 4. The number of phenolic OH excluding ortho intramolecular Hbond substituents is 2. The number of hydrogen-bond donors (Lipinski definition) is 2. The summed E-state index contributed by atoms with van der Waals surface area (Å²) in [5.74, 6) is -19.1. The Hall–Kier alpha value is -4.74. The van der Waals surface area contributed by atoms with Gasteiger partial charge in [-0.2, -0.15) is 0 Å². The first-order valence-corrected chi connectivity index (χ1v) is 13.7. The molecule has 4 aromatic carbocycles.